The predicted octanol–water partition coefficient (Wildman–Crippen LogP) is 2.68. The Bertz CT molecular complexity index is 649. The summed E-state index contributed by atoms with van der Waals surface area (Å²) in [5, 5.41) is 19.6. The number of esters is 1. The van der Waals surface area contributed by atoms with Gasteiger partial charge in [0.05, 0.1) is 6.10 Å². The number of ether oxygens (including phenoxy) is 1. The third kappa shape index (κ3) is 4.81. The fourth-order valence-corrected chi connectivity index (χ4v) is 2.84. The molecule has 2 N–H and O–H groups in total. The van der Waals surface area contributed by atoms with Crippen molar-refractivity contribution in [1.82, 2.24) is 0 Å². The Hall–Kier alpha value is -2.37. The first kappa shape index (κ1) is 18.0. The normalized spacial score (nSPS) is 20.9. The number of hydrogen-bond donors (Lipinski definition) is 2. The molecule has 0 aromatic heterocycles. The van der Waals surface area contributed by atoms with E-state index in [1.165, 1.54) is 6.07 Å². The molecule has 2 rings (SSSR count). The number of Topliss-reactive ketones (excluding diaryl/α,β-unsaturated/α-hetero) is 2. The number of rotatable bonds is 0. The number of carbonyl (C=O) groups is 3. The Morgan fingerprint density at radius 3 is 2.42 bits per heavy atom. The van der Waals surface area contributed by atoms with Gasteiger partial charge in [-0.25, -0.2) is 4.79 Å². The number of carbonyl (C=O) groups excluding carboxylic acids is 3. The fraction of sp³-hybridized carbons (Fsp3) is 0.500. The Balaban J connectivity index is 2.31. The average Bonchev–Trinajstić information content (AvgIpc) is 2.45. The van der Waals surface area contributed by atoms with E-state index in [0.29, 0.717) is 32.1 Å². The Morgan fingerprint density at radius 1 is 1.00 bits per heavy atom. The Kier molecular flexibility index (Phi) is 5.95. The van der Waals surface area contributed by atoms with Crippen LogP contribution in [0, 0.1) is 0 Å². The van der Waals surface area contributed by atoms with E-state index >= 15 is 0 Å². The van der Waals surface area contributed by atoms with E-state index in [4.69, 9.17) is 4.74 Å². The molecule has 0 aliphatic carbocycles. The van der Waals surface area contributed by atoms with Gasteiger partial charge in [0, 0.05) is 31.7 Å². The topological polar surface area (TPSA) is 101 Å². The first-order chi connectivity index (χ1) is 11.4. The summed E-state index contributed by atoms with van der Waals surface area (Å²) in [4.78, 5) is 36.2. The molecule has 1 aromatic carbocycles. The van der Waals surface area contributed by atoms with Gasteiger partial charge < -0.3 is 14.9 Å². The van der Waals surface area contributed by atoms with Gasteiger partial charge in [0.25, 0.3) is 0 Å². The van der Waals surface area contributed by atoms with Crippen molar-refractivity contribution in [2.24, 2.45) is 0 Å². The van der Waals surface area contributed by atoms with Crippen molar-refractivity contribution in [2.45, 2.75) is 58.0 Å². The smallest absolute Gasteiger partial charge is 0.342 e. The molecule has 24 heavy (non-hydrogen) atoms. The maximum absolute atomic E-state index is 12.3. The molecule has 1 aliphatic heterocycles. The van der Waals surface area contributed by atoms with Crippen LogP contribution in [0.5, 0.6) is 11.5 Å². The number of benzene rings is 1. The van der Waals surface area contributed by atoms with Crippen molar-refractivity contribution >= 4 is 17.5 Å². The third-order valence-electron chi connectivity index (χ3n) is 4.06. The van der Waals surface area contributed by atoms with Gasteiger partial charge in [-0.1, -0.05) is 0 Å². The molecule has 1 aromatic rings. The summed E-state index contributed by atoms with van der Waals surface area (Å²) in [7, 11) is 0. The minimum atomic E-state index is -0.730. The molecule has 1 atom stereocenters. The number of aromatic hydroxyl groups is 2. The van der Waals surface area contributed by atoms with Crippen LogP contribution in [-0.2, 0) is 20.7 Å². The zero-order valence-electron chi connectivity index (χ0n) is 13.7. The number of fused-ring (bicyclic) bond motifs is 1. The fourth-order valence-electron chi connectivity index (χ4n) is 2.84. The second kappa shape index (κ2) is 7.95. The lowest BCUT2D eigenvalue weighted by Crippen LogP contribution is -2.18. The van der Waals surface area contributed by atoms with E-state index in [2.05, 4.69) is 0 Å². The van der Waals surface area contributed by atoms with E-state index in [1.807, 2.05) is 0 Å². The Labute approximate surface area is 140 Å². The molecule has 0 saturated heterocycles. The summed E-state index contributed by atoms with van der Waals surface area (Å²) < 4.78 is 5.31. The van der Waals surface area contributed by atoms with Crippen LogP contribution in [0.1, 0.15) is 61.4 Å². The zero-order chi connectivity index (χ0) is 17.7. The lowest BCUT2D eigenvalue weighted by molar-refractivity contribution is -0.120. The van der Waals surface area contributed by atoms with Crippen molar-refractivity contribution < 1.29 is 29.3 Å². The van der Waals surface area contributed by atoms with Gasteiger partial charge in [-0.2, -0.15) is 0 Å². The molecule has 6 nitrogen and oxygen atoms in total. The van der Waals surface area contributed by atoms with Crippen LogP contribution < -0.4 is 0 Å². The maximum atomic E-state index is 12.3. The Morgan fingerprint density at radius 2 is 1.67 bits per heavy atom. The highest BCUT2D eigenvalue weighted by Gasteiger charge is 2.23. The molecule has 130 valence electrons. The van der Waals surface area contributed by atoms with Crippen LogP contribution in [0.3, 0.4) is 0 Å². The van der Waals surface area contributed by atoms with Crippen molar-refractivity contribution in [3.63, 3.8) is 0 Å². The monoisotopic (exact) mass is 334 g/mol. The number of phenols is 2. The quantitative estimate of drug-likeness (QED) is 0.707. The predicted molar refractivity (Wildman–Crippen MR) is 86.1 cm³/mol. The van der Waals surface area contributed by atoms with E-state index in [1.54, 1.807) is 6.92 Å². The standard InChI is InChI=1S/C18H22O6/c1-11-4-2-5-13(19)6-3-7-14(20)8-12-9-15(21)10-16(22)17(12)18(23)24-11/h9-11,21-22H,2-8H2,1H3/t11-/m0/s1. The SMILES string of the molecule is C[C@H]1CCCC(=O)CCCC(=O)Cc2cc(O)cc(O)c2C(=O)O1. The zero-order valence-corrected chi connectivity index (χ0v) is 13.7. The molecule has 1 heterocycles. The molecule has 0 radical (unpaired) electrons. The lowest BCUT2D eigenvalue weighted by Gasteiger charge is -2.16. The van der Waals surface area contributed by atoms with Gasteiger partial charge in [0.15, 0.2) is 0 Å². The summed E-state index contributed by atoms with van der Waals surface area (Å²) in [6.45, 7) is 1.72. The van der Waals surface area contributed by atoms with Crippen LogP contribution >= 0.6 is 0 Å². The largest absolute Gasteiger partial charge is 0.508 e. The lowest BCUT2D eigenvalue weighted by atomic mass is 9.97. The maximum Gasteiger partial charge on any atom is 0.342 e. The van der Waals surface area contributed by atoms with Crippen LogP contribution in [0.15, 0.2) is 12.1 Å². The first-order valence-electron chi connectivity index (χ1n) is 8.16. The molecule has 0 fully saturated rings. The van der Waals surface area contributed by atoms with Crippen LogP contribution in [0.25, 0.3) is 0 Å². The van der Waals surface area contributed by atoms with Crippen molar-refractivity contribution in [2.75, 3.05) is 0 Å². The number of phenolic OH excluding ortho intramolecular Hbond substituents is 2. The molecular weight excluding hydrogens is 312 g/mol. The highest BCUT2D eigenvalue weighted by molar-refractivity contribution is 5.96. The van der Waals surface area contributed by atoms with Crippen LogP contribution in [0.2, 0.25) is 0 Å². The molecule has 6 heteroatoms. The second-order valence-corrected chi connectivity index (χ2v) is 6.21. The van der Waals surface area contributed by atoms with Gasteiger partial charge in [0.1, 0.15) is 28.6 Å². The molecule has 0 bridgehead atoms. The third-order valence-corrected chi connectivity index (χ3v) is 4.06. The molecule has 1 aliphatic rings. The molecule has 0 saturated carbocycles. The second-order valence-electron chi connectivity index (χ2n) is 6.21. The van der Waals surface area contributed by atoms with Crippen molar-refractivity contribution in [3.05, 3.63) is 23.3 Å². The van der Waals surface area contributed by atoms with Crippen molar-refractivity contribution in [3.8, 4) is 11.5 Å². The van der Waals surface area contributed by atoms with Crippen LogP contribution in [-0.4, -0.2) is 33.9 Å². The highest BCUT2D eigenvalue weighted by Crippen LogP contribution is 2.29. The van der Waals surface area contributed by atoms with Gasteiger partial charge in [-0.15, -0.1) is 0 Å². The van der Waals surface area contributed by atoms with E-state index in [0.717, 1.165) is 6.07 Å². The van der Waals surface area contributed by atoms with Gasteiger partial charge in [-0.05, 0) is 37.8 Å². The molecule has 0 amide bonds. The van der Waals surface area contributed by atoms with Crippen LogP contribution in [0.4, 0.5) is 0 Å². The summed E-state index contributed by atoms with van der Waals surface area (Å²) in [5.41, 5.74) is 0.152. The van der Waals surface area contributed by atoms with Gasteiger partial charge in [0.2, 0.25) is 0 Å². The van der Waals surface area contributed by atoms with E-state index < -0.39 is 17.8 Å². The number of hydrogen-bond acceptors (Lipinski definition) is 6. The number of ketones is 2. The minimum absolute atomic E-state index is 0.0823. The van der Waals surface area contributed by atoms with E-state index in [-0.39, 0.29) is 41.3 Å². The van der Waals surface area contributed by atoms with Gasteiger partial charge in [-0.3, -0.25) is 9.59 Å². The van der Waals surface area contributed by atoms with Gasteiger partial charge >= 0.3 is 5.97 Å². The summed E-state index contributed by atoms with van der Waals surface area (Å²) in [6, 6.07) is 2.34. The molecule has 0 unspecified atom stereocenters. The minimum Gasteiger partial charge on any atom is -0.508 e. The summed E-state index contributed by atoms with van der Waals surface area (Å²) in [6.07, 6.45) is 2.09. The highest BCUT2D eigenvalue weighted by atomic mass is 16.5. The number of cyclic esters (lactones) is 1. The molecular formula is C18H22O6. The summed E-state index contributed by atoms with van der Waals surface area (Å²) >= 11 is 0. The molecule has 0 spiro atoms. The summed E-state index contributed by atoms with van der Waals surface area (Å²) in [5.74, 6) is -1.42. The van der Waals surface area contributed by atoms with E-state index in [9.17, 15) is 24.6 Å². The average molecular weight is 334 g/mol. The van der Waals surface area contributed by atoms with Crippen molar-refractivity contribution in [1.29, 1.82) is 0 Å². The first-order valence-corrected chi connectivity index (χ1v) is 8.16.